The van der Waals surface area contributed by atoms with E-state index in [-0.39, 0.29) is 11.6 Å². The maximum atomic E-state index is 11.3. The van der Waals surface area contributed by atoms with Gasteiger partial charge in [-0.2, -0.15) is 0 Å². The van der Waals surface area contributed by atoms with Gasteiger partial charge in [-0.3, -0.25) is 0 Å². The summed E-state index contributed by atoms with van der Waals surface area (Å²) in [7, 11) is 0. The van der Waals surface area contributed by atoms with Gasteiger partial charge in [0.05, 0.1) is 0 Å². The molecule has 0 aromatic rings. The minimum Gasteiger partial charge on any atom is -0.465 e. The summed E-state index contributed by atoms with van der Waals surface area (Å²) in [5.74, 6) is 1.30. The zero-order valence-corrected chi connectivity index (χ0v) is 10.2. The third kappa shape index (κ3) is 2.64. The lowest BCUT2D eigenvalue weighted by Crippen LogP contribution is -2.56. The molecule has 1 aliphatic rings. The highest BCUT2D eigenvalue weighted by molar-refractivity contribution is 5.66. The van der Waals surface area contributed by atoms with Crippen molar-refractivity contribution >= 4 is 6.09 Å². The molecule has 1 fully saturated rings. The first-order valence-corrected chi connectivity index (χ1v) is 5.68. The number of nitrogens with zero attached hydrogens (tertiary/aromatic N) is 1. The molecule has 1 amide bonds. The van der Waals surface area contributed by atoms with E-state index in [9.17, 15) is 9.90 Å². The van der Waals surface area contributed by atoms with Crippen LogP contribution in [0.4, 0.5) is 4.79 Å². The lowest BCUT2D eigenvalue weighted by molar-refractivity contribution is 0.0238. The monoisotopic (exact) mass is 212 g/mol. The molecule has 0 spiro atoms. The quantitative estimate of drug-likeness (QED) is 0.763. The highest BCUT2D eigenvalue weighted by atomic mass is 16.4. The number of carboxylic acid groups (broad SMARTS) is 1. The van der Waals surface area contributed by atoms with E-state index in [1.54, 1.807) is 4.90 Å². The van der Waals surface area contributed by atoms with Crippen LogP contribution in [0.25, 0.3) is 0 Å². The Morgan fingerprint density at radius 1 is 1.53 bits per heavy atom. The zero-order valence-electron chi connectivity index (χ0n) is 10.2. The third-order valence-electron chi connectivity index (χ3n) is 3.30. The largest absolute Gasteiger partial charge is 0.465 e. The molecule has 1 radical (unpaired) electrons. The summed E-state index contributed by atoms with van der Waals surface area (Å²) in [6, 6.07) is 0.153. The fourth-order valence-corrected chi connectivity index (χ4v) is 2.91. The van der Waals surface area contributed by atoms with Crippen LogP contribution >= 0.6 is 0 Å². The maximum Gasteiger partial charge on any atom is 0.407 e. The van der Waals surface area contributed by atoms with E-state index in [4.69, 9.17) is 0 Å². The van der Waals surface area contributed by atoms with Gasteiger partial charge < -0.3 is 10.0 Å². The highest BCUT2D eigenvalue weighted by Gasteiger charge is 2.41. The first-order chi connectivity index (χ1) is 6.87. The van der Waals surface area contributed by atoms with Crippen molar-refractivity contribution in [3.8, 4) is 0 Å². The Hall–Kier alpha value is -0.730. The molecule has 0 aromatic heterocycles. The minimum absolute atomic E-state index is 0.153. The van der Waals surface area contributed by atoms with E-state index in [1.807, 2.05) is 6.92 Å². The molecule has 87 valence electrons. The summed E-state index contributed by atoms with van der Waals surface area (Å²) < 4.78 is 0. The first-order valence-electron chi connectivity index (χ1n) is 5.68. The molecular formula is C12H22NO2. The Labute approximate surface area is 92.5 Å². The van der Waals surface area contributed by atoms with Crippen molar-refractivity contribution in [3.05, 3.63) is 5.92 Å². The first kappa shape index (κ1) is 12.3. The van der Waals surface area contributed by atoms with Crippen LogP contribution in [0, 0.1) is 5.92 Å². The van der Waals surface area contributed by atoms with Gasteiger partial charge in [-0.1, -0.05) is 13.8 Å². The number of rotatable bonds is 2. The molecule has 0 aliphatic carbocycles. The molecule has 1 rings (SSSR count). The number of amides is 1. The Bertz CT molecular complexity index is 240. The smallest absolute Gasteiger partial charge is 0.407 e. The van der Waals surface area contributed by atoms with Crippen molar-refractivity contribution < 1.29 is 9.90 Å². The van der Waals surface area contributed by atoms with Crippen molar-refractivity contribution in [2.75, 3.05) is 0 Å². The van der Waals surface area contributed by atoms with E-state index < -0.39 is 6.09 Å². The summed E-state index contributed by atoms with van der Waals surface area (Å²) in [6.07, 6.45) is 3.21. The van der Waals surface area contributed by atoms with E-state index >= 15 is 0 Å². The SMILES string of the molecule is C[C](C)CC1(C)CCCC(C)N1C(=O)O. The summed E-state index contributed by atoms with van der Waals surface area (Å²) in [4.78, 5) is 12.9. The van der Waals surface area contributed by atoms with Crippen LogP contribution in [0.1, 0.15) is 53.4 Å². The lowest BCUT2D eigenvalue weighted by Gasteiger charge is -2.48. The lowest BCUT2D eigenvalue weighted by atomic mass is 9.80. The van der Waals surface area contributed by atoms with Gasteiger partial charge in [-0.15, -0.1) is 0 Å². The van der Waals surface area contributed by atoms with E-state index in [0.717, 1.165) is 25.7 Å². The number of piperidine rings is 1. The molecule has 3 nitrogen and oxygen atoms in total. The van der Waals surface area contributed by atoms with Gasteiger partial charge in [0.1, 0.15) is 0 Å². The molecule has 1 N–H and O–H groups in total. The normalized spacial score (nSPS) is 32.1. The average molecular weight is 212 g/mol. The van der Waals surface area contributed by atoms with E-state index in [1.165, 1.54) is 5.92 Å². The number of hydrogen-bond acceptors (Lipinski definition) is 1. The van der Waals surface area contributed by atoms with Crippen molar-refractivity contribution in [2.24, 2.45) is 0 Å². The summed E-state index contributed by atoms with van der Waals surface area (Å²) >= 11 is 0. The van der Waals surface area contributed by atoms with Crippen LogP contribution in [0.5, 0.6) is 0 Å². The Kier molecular flexibility index (Phi) is 3.63. The molecule has 3 heteroatoms. The molecule has 2 unspecified atom stereocenters. The van der Waals surface area contributed by atoms with E-state index in [0.29, 0.717) is 0 Å². The number of likely N-dealkylation sites (tertiary alicyclic amines) is 1. The molecule has 1 aliphatic heterocycles. The van der Waals surface area contributed by atoms with Crippen molar-refractivity contribution in [1.29, 1.82) is 0 Å². The summed E-state index contributed by atoms with van der Waals surface area (Å²) in [5.41, 5.74) is -0.192. The number of hydrogen-bond donors (Lipinski definition) is 1. The maximum absolute atomic E-state index is 11.3. The topological polar surface area (TPSA) is 40.5 Å². The molecule has 0 bridgehead atoms. The van der Waals surface area contributed by atoms with Crippen molar-refractivity contribution in [2.45, 2.75) is 65.0 Å². The Morgan fingerprint density at radius 3 is 2.60 bits per heavy atom. The fourth-order valence-electron chi connectivity index (χ4n) is 2.91. The second-order valence-electron chi connectivity index (χ2n) is 5.27. The van der Waals surface area contributed by atoms with Crippen LogP contribution in [-0.4, -0.2) is 27.7 Å². The second kappa shape index (κ2) is 4.42. The highest BCUT2D eigenvalue weighted by Crippen LogP contribution is 2.36. The third-order valence-corrected chi connectivity index (χ3v) is 3.30. The van der Waals surface area contributed by atoms with Gasteiger partial charge in [-0.25, -0.2) is 4.79 Å². The molecular weight excluding hydrogens is 190 g/mol. The van der Waals surface area contributed by atoms with Crippen LogP contribution < -0.4 is 0 Å². The molecule has 0 aromatic carbocycles. The number of carbonyl (C=O) groups is 1. The minimum atomic E-state index is -0.772. The molecule has 1 saturated heterocycles. The summed E-state index contributed by atoms with van der Waals surface area (Å²) in [5, 5.41) is 9.27. The van der Waals surface area contributed by atoms with Gasteiger partial charge in [0, 0.05) is 11.6 Å². The van der Waals surface area contributed by atoms with Crippen molar-refractivity contribution in [3.63, 3.8) is 0 Å². The van der Waals surface area contributed by atoms with Crippen LogP contribution in [0.15, 0.2) is 0 Å². The second-order valence-corrected chi connectivity index (χ2v) is 5.27. The Balaban J connectivity index is 2.86. The zero-order chi connectivity index (χ0) is 11.6. The van der Waals surface area contributed by atoms with Crippen LogP contribution in [0.2, 0.25) is 0 Å². The summed E-state index contributed by atoms with van der Waals surface area (Å²) in [6.45, 7) is 8.23. The van der Waals surface area contributed by atoms with Gasteiger partial charge >= 0.3 is 6.09 Å². The predicted molar refractivity (Wildman–Crippen MR) is 60.8 cm³/mol. The van der Waals surface area contributed by atoms with Gasteiger partial charge in [0.15, 0.2) is 0 Å². The van der Waals surface area contributed by atoms with Crippen LogP contribution in [0.3, 0.4) is 0 Å². The van der Waals surface area contributed by atoms with Gasteiger partial charge in [0.2, 0.25) is 0 Å². The molecule has 0 saturated carbocycles. The average Bonchev–Trinajstić information content (AvgIpc) is 1.99. The molecule has 15 heavy (non-hydrogen) atoms. The molecule has 1 heterocycles. The van der Waals surface area contributed by atoms with Gasteiger partial charge in [-0.05, 0) is 45.4 Å². The van der Waals surface area contributed by atoms with Crippen LogP contribution in [-0.2, 0) is 0 Å². The van der Waals surface area contributed by atoms with Gasteiger partial charge in [0.25, 0.3) is 0 Å². The molecule has 2 atom stereocenters. The Morgan fingerprint density at radius 2 is 2.13 bits per heavy atom. The predicted octanol–water partition coefficient (Wildman–Crippen LogP) is 3.30. The fraction of sp³-hybridized carbons (Fsp3) is 0.833. The standard InChI is InChI=1S/C12H22NO2/c1-9(2)8-12(4)7-5-6-10(3)13(12)11(14)15/h10H,5-8H2,1-4H3,(H,14,15). The van der Waals surface area contributed by atoms with E-state index in [2.05, 4.69) is 20.8 Å². The van der Waals surface area contributed by atoms with Crippen molar-refractivity contribution in [1.82, 2.24) is 4.90 Å².